The smallest absolute Gasteiger partial charge is 0.410 e. The molecule has 0 aliphatic carbocycles. The monoisotopic (exact) mass is 506 g/mol. The van der Waals surface area contributed by atoms with E-state index in [-0.39, 0.29) is 30.1 Å². The molecule has 0 radical (unpaired) electrons. The molecule has 0 fully saturated rings. The van der Waals surface area contributed by atoms with Crippen molar-refractivity contribution >= 4 is 36.0 Å². The van der Waals surface area contributed by atoms with Gasteiger partial charge in [-0.15, -0.1) is 24.0 Å². The summed E-state index contributed by atoms with van der Waals surface area (Å²) in [6, 6.07) is 6.16. The van der Waals surface area contributed by atoms with Crippen LogP contribution in [0.15, 0.2) is 23.2 Å². The van der Waals surface area contributed by atoms with Crippen LogP contribution in [-0.2, 0) is 11.2 Å². The average Bonchev–Trinajstić information content (AvgIpc) is 2.58. The lowest BCUT2D eigenvalue weighted by Gasteiger charge is -2.25. The summed E-state index contributed by atoms with van der Waals surface area (Å²) >= 11 is 0. The van der Waals surface area contributed by atoms with Crippen LogP contribution in [0.2, 0.25) is 0 Å². The number of likely N-dealkylation sites (N-methyl/N-ethyl adjacent to an activating group) is 1. The molecule has 1 rings (SSSR count). The molecule has 0 heterocycles. The number of rotatable bonds is 7. The first-order valence-electron chi connectivity index (χ1n) is 9.18. The largest absolute Gasteiger partial charge is 0.496 e. The number of nitrogens with zero attached hydrogens (tertiary/aromatic N) is 2. The molecule has 28 heavy (non-hydrogen) atoms. The minimum atomic E-state index is -0.493. The van der Waals surface area contributed by atoms with E-state index in [1.807, 2.05) is 32.9 Å². The van der Waals surface area contributed by atoms with Gasteiger partial charge in [-0.1, -0.05) is 17.7 Å². The highest BCUT2D eigenvalue weighted by atomic mass is 127. The van der Waals surface area contributed by atoms with E-state index in [2.05, 4.69) is 28.6 Å². The lowest BCUT2D eigenvalue weighted by molar-refractivity contribution is 0.0302. The van der Waals surface area contributed by atoms with Gasteiger partial charge in [-0.05, 0) is 45.7 Å². The maximum atomic E-state index is 11.9. The summed E-state index contributed by atoms with van der Waals surface area (Å²) in [6.45, 7) is 9.44. The first-order chi connectivity index (χ1) is 12.7. The zero-order valence-electron chi connectivity index (χ0n) is 18.1. The lowest BCUT2D eigenvalue weighted by atomic mass is 10.1. The van der Waals surface area contributed by atoms with Crippen molar-refractivity contribution in [1.29, 1.82) is 0 Å². The number of benzene rings is 1. The number of guanidine groups is 1. The first kappa shape index (κ1) is 26.3. The summed E-state index contributed by atoms with van der Waals surface area (Å²) in [4.78, 5) is 17.7. The fourth-order valence-corrected chi connectivity index (χ4v) is 2.41. The molecule has 1 amide bonds. The van der Waals surface area contributed by atoms with Crippen molar-refractivity contribution in [3.63, 3.8) is 0 Å². The third-order valence-corrected chi connectivity index (χ3v) is 3.79. The number of carbonyl (C=O) groups is 1. The van der Waals surface area contributed by atoms with E-state index in [1.165, 1.54) is 5.56 Å². The number of methoxy groups -OCH3 is 1. The summed E-state index contributed by atoms with van der Waals surface area (Å²) in [5, 5.41) is 6.48. The number of hydrogen-bond donors (Lipinski definition) is 2. The van der Waals surface area contributed by atoms with Crippen LogP contribution in [0.4, 0.5) is 4.79 Å². The Morgan fingerprint density at radius 1 is 1.21 bits per heavy atom. The minimum absolute atomic E-state index is 0. The van der Waals surface area contributed by atoms with Crippen molar-refractivity contribution in [2.45, 2.75) is 39.7 Å². The highest BCUT2D eigenvalue weighted by Crippen LogP contribution is 2.19. The molecule has 0 aliphatic rings. The maximum Gasteiger partial charge on any atom is 0.410 e. The van der Waals surface area contributed by atoms with Crippen LogP contribution >= 0.6 is 24.0 Å². The molecule has 1 aromatic carbocycles. The molecule has 0 spiro atoms. The highest BCUT2D eigenvalue weighted by Gasteiger charge is 2.19. The number of halogens is 1. The third kappa shape index (κ3) is 10.0. The van der Waals surface area contributed by atoms with E-state index in [0.717, 1.165) is 24.3 Å². The second-order valence-electron chi connectivity index (χ2n) is 7.39. The van der Waals surface area contributed by atoms with Gasteiger partial charge in [0.1, 0.15) is 11.4 Å². The number of nitrogens with one attached hydrogen (secondary N) is 2. The van der Waals surface area contributed by atoms with Crippen LogP contribution < -0.4 is 15.4 Å². The van der Waals surface area contributed by atoms with Crippen molar-refractivity contribution in [2.24, 2.45) is 4.99 Å². The van der Waals surface area contributed by atoms with Crippen LogP contribution in [0.25, 0.3) is 0 Å². The van der Waals surface area contributed by atoms with Crippen LogP contribution in [0.1, 0.15) is 31.9 Å². The second kappa shape index (κ2) is 12.7. The van der Waals surface area contributed by atoms with Gasteiger partial charge in [-0.25, -0.2) is 4.79 Å². The summed E-state index contributed by atoms with van der Waals surface area (Å²) in [5.41, 5.74) is 1.87. The zero-order valence-corrected chi connectivity index (χ0v) is 20.4. The van der Waals surface area contributed by atoms with Gasteiger partial charge >= 0.3 is 6.09 Å². The van der Waals surface area contributed by atoms with Crippen LogP contribution in [-0.4, -0.2) is 63.4 Å². The van der Waals surface area contributed by atoms with Gasteiger partial charge in [-0.2, -0.15) is 0 Å². The van der Waals surface area contributed by atoms with E-state index in [9.17, 15) is 4.79 Å². The van der Waals surface area contributed by atoms with Gasteiger partial charge in [0.2, 0.25) is 0 Å². The Kier molecular flexibility index (Phi) is 11.9. The van der Waals surface area contributed by atoms with Gasteiger partial charge in [0.05, 0.1) is 7.11 Å². The fourth-order valence-electron chi connectivity index (χ4n) is 2.41. The van der Waals surface area contributed by atoms with Crippen molar-refractivity contribution < 1.29 is 14.3 Å². The predicted octanol–water partition coefficient (Wildman–Crippen LogP) is 3.20. The Bertz CT molecular complexity index is 645. The SMILES string of the molecule is CN=C(NCCc1cc(C)ccc1OC)NCCN(C)C(=O)OC(C)(C)C.I. The molecule has 0 saturated heterocycles. The summed E-state index contributed by atoms with van der Waals surface area (Å²) in [6.07, 6.45) is 0.488. The molecule has 0 atom stereocenters. The van der Waals surface area contributed by atoms with Gasteiger partial charge in [0.15, 0.2) is 5.96 Å². The quantitative estimate of drug-likeness (QED) is 0.338. The Labute approximate surface area is 186 Å². The van der Waals surface area contributed by atoms with E-state index in [4.69, 9.17) is 9.47 Å². The summed E-state index contributed by atoms with van der Waals surface area (Å²) in [5.74, 6) is 1.59. The van der Waals surface area contributed by atoms with Crippen molar-refractivity contribution in [2.75, 3.05) is 40.8 Å². The standard InChI is InChI=1S/C20H34N4O3.HI/c1-15-8-9-17(26-7)16(14-15)10-11-22-18(21-5)23-12-13-24(6)19(25)27-20(2,3)4;/h8-9,14H,10-13H2,1-7H3,(H2,21,22,23);1H. The van der Waals surface area contributed by atoms with Gasteiger partial charge in [0, 0.05) is 33.7 Å². The van der Waals surface area contributed by atoms with Gasteiger partial charge < -0.3 is 25.0 Å². The normalized spacial score (nSPS) is 11.3. The van der Waals surface area contributed by atoms with Crippen molar-refractivity contribution in [1.82, 2.24) is 15.5 Å². The number of amides is 1. The molecule has 7 nitrogen and oxygen atoms in total. The Hall–Kier alpha value is -1.71. The van der Waals surface area contributed by atoms with E-state index >= 15 is 0 Å². The van der Waals surface area contributed by atoms with E-state index < -0.39 is 5.60 Å². The molecular formula is C20H35IN4O3. The number of ether oxygens (including phenoxy) is 2. The van der Waals surface area contributed by atoms with Gasteiger partial charge in [0.25, 0.3) is 0 Å². The Morgan fingerprint density at radius 3 is 2.43 bits per heavy atom. The molecule has 0 saturated carbocycles. The number of hydrogen-bond acceptors (Lipinski definition) is 4. The molecule has 1 aromatic rings. The molecule has 0 unspecified atom stereocenters. The van der Waals surface area contributed by atoms with Gasteiger partial charge in [-0.3, -0.25) is 4.99 Å². The Balaban J connectivity index is 0.00000729. The highest BCUT2D eigenvalue weighted by molar-refractivity contribution is 14.0. The van der Waals surface area contributed by atoms with Crippen molar-refractivity contribution in [3.8, 4) is 5.75 Å². The molecule has 0 aromatic heterocycles. The van der Waals surface area contributed by atoms with Crippen LogP contribution in [0.3, 0.4) is 0 Å². The molecule has 0 bridgehead atoms. The fraction of sp³-hybridized carbons (Fsp3) is 0.600. The molecule has 160 valence electrons. The van der Waals surface area contributed by atoms with Crippen LogP contribution in [0.5, 0.6) is 5.75 Å². The second-order valence-corrected chi connectivity index (χ2v) is 7.39. The first-order valence-corrected chi connectivity index (χ1v) is 9.18. The summed E-state index contributed by atoms with van der Waals surface area (Å²) in [7, 11) is 5.12. The number of aryl methyl sites for hydroxylation is 1. The third-order valence-electron chi connectivity index (χ3n) is 3.79. The molecular weight excluding hydrogens is 471 g/mol. The molecule has 2 N–H and O–H groups in total. The van der Waals surface area contributed by atoms with E-state index in [1.54, 1.807) is 26.1 Å². The number of aliphatic imine (C=N–C) groups is 1. The minimum Gasteiger partial charge on any atom is -0.496 e. The average molecular weight is 506 g/mol. The maximum absolute atomic E-state index is 11.9. The lowest BCUT2D eigenvalue weighted by Crippen LogP contribution is -2.43. The summed E-state index contributed by atoms with van der Waals surface area (Å²) < 4.78 is 10.7. The molecule has 8 heteroatoms. The topological polar surface area (TPSA) is 75.2 Å². The number of carbonyl (C=O) groups excluding carboxylic acids is 1. The van der Waals surface area contributed by atoms with E-state index in [0.29, 0.717) is 19.0 Å². The zero-order chi connectivity index (χ0) is 20.4. The van der Waals surface area contributed by atoms with Crippen LogP contribution in [0, 0.1) is 6.92 Å². The van der Waals surface area contributed by atoms with Crippen molar-refractivity contribution in [3.05, 3.63) is 29.3 Å². The Morgan fingerprint density at radius 2 is 1.86 bits per heavy atom. The molecule has 0 aliphatic heterocycles. The predicted molar refractivity (Wildman–Crippen MR) is 125 cm³/mol.